The predicted octanol–water partition coefficient (Wildman–Crippen LogP) is 5.49. The molecule has 4 rings (SSSR count). The highest BCUT2D eigenvalue weighted by molar-refractivity contribution is 14.1. The van der Waals surface area contributed by atoms with Crippen molar-refractivity contribution in [2.45, 2.75) is 12.6 Å². The molecule has 0 fully saturated rings. The summed E-state index contributed by atoms with van der Waals surface area (Å²) in [5.74, 6) is 0.266. The van der Waals surface area contributed by atoms with Crippen LogP contribution in [-0.2, 0) is 4.79 Å². The zero-order valence-electron chi connectivity index (χ0n) is 14.4. The molecule has 1 N–H and O–H groups in total. The van der Waals surface area contributed by atoms with Crippen molar-refractivity contribution in [3.05, 3.63) is 60.7 Å². The van der Waals surface area contributed by atoms with Crippen molar-refractivity contribution in [3.63, 3.8) is 0 Å². The molecule has 2 aromatic rings. The summed E-state index contributed by atoms with van der Waals surface area (Å²) in [6.07, 6.45) is 7.05. The van der Waals surface area contributed by atoms with Gasteiger partial charge in [-0.15, -0.1) is 17.9 Å². The number of aliphatic imine (C=N–C) groups is 1. The lowest BCUT2D eigenvalue weighted by atomic mass is 10.1. The summed E-state index contributed by atoms with van der Waals surface area (Å²) in [6, 6.07) is 6.52. The minimum Gasteiger partial charge on any atom is -0.507 e. The fourth-order valence-electron chi connectivity index (χ4n) is 3.79. The summed E-state index contributed by atoms with van der Waals surface area (Å²) < 4.78 is 2.29. The number of benzene rings is 1. The second-order valence-electron chi connectivity index (χ2n) is 6.70. The summed E-state index contributed by atoms with van der Waals surface area (Å²) >= 11 is 6.31. The van der Waals surface area contributed by atoms with E-state index in [2.05, 4.69) is 64.4 Å². The van der Waals surface area contributed by atoms with Gasteiger partial charge in [0, 0.05) is 9.13 Å². The number of allylic oxidation sites excluding steroid dienone is 5. The molecule has 1 aromatic carbocycles. The standard InChI is InChI=1S/C20H15I2NO2SSi/c1-3-8-27(2)16-9-11(24)4-5-13(16)23-14-6-7-15(25)18(20(14)27)19-12(21)10-17(22)26-19/h3-7,9-10,25H,1,8H2,2H3. The maximum Gasteiger partial charge on any atom is 0.178 e. The maximum atomic E-state index is 12.1. The number of carbonyl (C=O) groups is 1. The van der Waals surface area contributed by atoms with Crippen molar-refractivity contribution in [3.8, 4) is 16.2 Å². The van der Waals surface area contributed by atoms with Gasteiger partial charge in [0.15, 0.2) is 5.78 Å². The fraction of sp³-hybridized carbons (Fsp3) is 0.100. The lowest BCUT2D eigenvalue weighted by Gasteiger charge is -2.37. The Balaban J connectivity index is 2.11. The van der Waals surface area contributed by atoms with Gasteiger partial charge in [-0.25, -0.2) is 4.99 Å². The lowest BCUT2D eigenvalue weighted by Crippen LogP contribution is -2.52. The summed E-state index contributed by atoms with van der Waals surface area (Å²) in [5, 5.41) is 13.0. The zero-order chi connectivity index (χ0) is 19.3. The number of aromatic hydroxyl groups is 1. The third-order valence-corrected chi connectivity index (χ3v) is 12.4. The quantitative estimate of drug-likeness (QED) is 0.215. The average Bonchev–Trinajstić information content (AvgIpc) is 2.95. The first-order chi connectivity index (χ1) is 12.8. The maximum absolute atomic E-state index is 12.1. The van der Waals surface area contributed by atoms with E-state index in [4.69, 9.17) is 4.99 Å². The van der Waals surface area contributed by atoms with Crippen LogP contribution in [0.1, 0.15) is 0 Å². The second kappa shape index (κ2) is 7.09. The minimum absolute atomic E-state index is 0.00265. The van der Waals surface area contributed by atoms with Crippen LogP contribution in [0, 0.1) is 6.45 Å². The zero-order valence-corrected chi connectivity index (χ0v) is 20.6. The van der Waals surface area contributed by atoms with Crippen molar-refractivity contribution in [2.24, 2.45) is 4.99 Å². The van der Waals surface area contributed by atoms with Crippen molar-refractivity contribution >= 4 is 87.0 Å². The first-order valence-electron chi connectivity index (χ1n) is 8.31. The number of rotatable bonds is 3. The number of phenols is 1. The van der Waals surface area contributed by atoms with E-state index in [1.807, 2.05) is 18.2 Å². The number of hydrogen-bond donors (Lipinski definition) is 1. The van der Waals surface area contributed by atoms with Gasteiger partial charge < -0.3 is 5.11 Å². The highest BCUT2D eigenvalue weighted by atomic mass is 127. The van der Waals surface area contributed by atoms with E-state index >= 15 is 0 Å². The van der Waals surface area contributed by atoms with Crippen molar-refractivity contribution < 1.29 is 9.90 Å². The van der Waals surface area contributed by atoms with Gasteiger partial charge in [0.05, 0.1) is 19.2 Å². The number of carbonyl (C=O) groups excluding carboxylic acids is 1. The molecule has 7 heteroatoms. The first kappa shape index (κ1) is 19.3. The summed E-state index contributed by atoms with van der Waals surface area (Å²) in [7, 11) is -2.35. The molecule has 1 aliphatic carbocycles. The van der Waals surface area contributed by atoms with E-state index in [1.165, 1.54) is 2.88 Å². The molecule has 1 aromatic heterocycles. The number of hydrogen-bond acceptors (Lipinski definition) is 4. The Bertz CT molecular complexity index is 1100. The van der Waals surface area contributed by atoms with E-state index < -0.39 is 8.07 Å². The molecule has 0 spiro atoms. The van der Waals surface area contributed by atoms with Crippen LogP contribution in [0.25, 0.3) is 10.4 Å². The number of nitrogens with zero attached hydrogens (tertiary/aromatic N) is 1. The molecule has 0 saturated heterocycles. The first-order valence-corrected chi connectivity index (χ1v) is 14.0. The Hall–Kier alpha value is -1.04. The van der Waals surface area contributed by atoms with Gasteiger partial charge in [0.2, 0.25) is 0 Å². The Morgan fingerprint density at radius 1 is 1.33 bits per heavy atom. The number of thiophene rings is 1. The van der Waals surface area contributed by atoms with Gasteiger partial charge in [-0.05, 0) is 98.0 Å². The molecule has 0 saturated carbocycles. The molecule has 0 amide bonds. The van der Waals surface area contributed by atoms with Crippen LogP contribution < -0.4 is 5.19 Å². The molecule has 136 valence electrons. The molecule has 1 aliphatic heterocycles. The summed E-state index contributed by atoms with van der Waals surface area (Å²) in [6.45, 7) is 6.22. The predicted molar refractivity (Wildman–Crippen MR) is 132 cm³/mol. The Morgan fingerprint density at radius 2 is 2.11 bits per heavy atom. The van der Waals surface area contributed by atoms with Crippen LogP contribution in [0.2, 0.25) is 12.6 Å². The molecular weight excluding hydrogens is 600 g/mol. The van der Waals surface area contributed by atoms with Crippen LogP contribution >= 0.6 is 56.5 Å². The molecule has 2 aliphatic rings. The third kappa shape index (κ3) is 3.12. The van der Waals surface area contributed by atoms with Crippen LogP contribution in [0.15, 0.2) is 59.3 Å². The summed E-state index contributed by atoms with van der Waals surface area (Å²) in [5.41, 5.74) is 2.63. The van der Waals surface area contributed by atoms with Crippen molar-refractivity contribution in [2.75, 3.05) is 0 Å². The van der Waals surface area contributed by atoms with Crippen molar-refractivity contribution in [1.82, 2.24) is 0 Å². The van der Waals surface area contributed by atoms with Gasteiger partial charge >= 0.3 is 0 Å². The molecule has 2 heterocycles. The van der Waals surface area contributed by atoms with Gasteiger partial charge in [-0.1, -0.05) is 12.6 Å². The van der Waals surface area contributed by atoms with E-state index in [1.54, 1.807) is 29.6 Å². The molecule has 1 atom stereocenters. The average molecular weight is 615 g/mol. The van der Waals surface area contributed by atoms with Gasteiger partial charge in [-0.2, -0.15) is 0 Å². The Morgan fingerprint density at radius 3 is 2.78 bits per heavy atom. The van der Waals surface area contributed by atoms with E-state index in [9.17, 15) is 9.90 Å². The molecule has 1 unspecified atom stereocenters. The fourth-order valence-corrected chi connectivity index (χ4v) is 11.4. The van der Waals surface area contributed by atoms with Gasteiger partial charge in [0.1, 0.15) is 13.8 Å². The minimum atomic E-state index is -2.35. The summed E-state index contributed by atoms with van der Waals surface area (Å²) in [4.78, 5) is 18.0. The molecule has 27 heavy (non-hydrogen) atoms. The number of fused-ring (bicyclic) bond motifs is 2. The van der Waals surface area contributed by atoms with E-state index in [0.29, 0.717) is 0 Å². The van der Waals surface area contributed by atoms with E-state index in [-0.39, 0.29) is 11.5 Å². The Kier molecular flexibility index (Phi) is 5.06. The largest absolute Gasteiger partial charge is 0.507 e. The lowest BCUT2D eigenvalue weighted by molar-refractivity contribution is -0.110. The normalized spacial score (nSPS) is 20.6. The second-order valence-corrected chi connectivity index (χ2v) is 14.9. The molecule has 0 bridgehead atoms. The van der Waals surface area contributed by atoms with Crippen LogP contribution in [0.4, 0.5) is 5.69 Å². The topological polar surface area (TPSA) is 49.7 Å². The number of phenolic OH excluding ortho intramolecular Hbond substituents is 1. The number of ketones is 1. The monoisotopic (exact) mass is 615 g/mol. The van der Waals surface area contributed by atoms with Gasteiger partial charge in [-0.3, -0.25) is 4.79 Å². The van der Waals surface area contributed by atoms with Crippen LogP contribution in [0.5, 0.6) is 5.75 Å². The highest BCUT2D eigenvalue weighted by Crippen LogP contribution is 2.44. The third-order valence-electron chi connectivity index (χ3n) is 4.95. The SMILES string of the molecule is C=CC[Si]1(C)C2=CC(=O)C=CC2=Nc2ccc(O)c(-c3sc(I)cc3I)c21. The van der Waals surface area contributed by atoms with Gasteiger partial charge in [0.25, 0.3) is 0 Å². The smallest absolute Gasteiger partial charge is 0.178 e. The Labute approximate surface area is 189 Å². The molecule has 3 nitrogen and oxygen atoms in total. The van der Waals surface area contributed by atoms with E-state index in [0.717, 1.165) is 41.8 Å². The van der Waals surface area contributed by atoms with Crippen LogP contribution in [-0.4, -0.2) is 24.7 Å². The number of halogens is 2. The van der Waals surface area contributed by atoms with Crippen molar-refractivity contribution in [1.29, 1.82) is 0 Å². The van der Waals surface area contributed by atoms with Crippen LogP contribution in [0.3, 0.4) is 0 Å². The molecular formula is C20H15I2NO2SSi. The highest BCUT2D eigenvalue weighted by Gasteiger charge is 2.43. The molecule has 0 radical (unpaired) electrons.